The molecule has 0 saturated carbocycles. The van der Waals surface area contributed by atoms with E-state index in [-0.39, 0.29) is 23.1 Å². The smallest absolute Gasteiger partial charge is 0.320 e. The lowest BCUT2D eigenvalue weighted by molar-refractivity contribution is 0.107. The molecule has 0 amide bonds. The van der Waals surface area contributed by atoms with Crippen molar-refractivity contribution >= 4 is 27.8 Å². The summed E-state index contributed by atoms with van der Waals surface area (Å²) >= 11 is 0. The highest BCUT2D eigenvalue weighted by molar-refractivity contribution is 6.00. The zero-order chi connectivity index (χ0) is 28.6. The van der Waals surface area contributed by atoms with Crippen LogP contribution in [0.15, 0.2) is 24.3 Å². The zero-order valence-electron chi connectivity index (χ0n) is 23.7. The number of aromatic amines is 1. The fraction of sp³-hybridized carbons (Fsp3) is 0.516. The second-order valence-corrected chi connectivity index (χ2v) is 12.5. The van der Waals surface area contributed by atoms with Gasteiger partial charge in [0.1, 0.15) is 35.7 Å². The van der Waals surface area contributed by atoms with Crippen molar-refractivity contribution in [1.29, 1.82) is 0 Å². The third kappa shape index (κ3) is 4.19. The normalized spacial score (nSPS) is 27.4. The van der Waals surface area contributed by atoms with Crippen molar-refractivity contribution < 1.29 is 18.6 Å². The fourth-order valence-electron chi connectivity index (χ4n) is 7.93. The molecule has 6 heterocycles. The van der Waals surface area contributed by atoms with Gasteiger partial charge in [0.15, 0.2) is 11.5 Å². The Balaban J connectivity index is 1.24. The average Bonchev–Trinajstić information content (AvgIpc) is 3.73. The molecule has 220 valence electrons. The third-order valence-electron chi connectivity index (χ3n) is 9.82. The van der Waals surface area contributed by atoms with Crippen LogP contribution in [0.5, 0.6) is 11.8 Å². The van der Waals surface area contributed by atoms with Gasteiger partial charge >= 0.3 is 6.01 Å². The van der Waals surface area contributed by atoms with E-state index < -0.39 is 6.17 Å². The molecule has 0 spiro atoms. The van der Waals surface area contributed by atoms with Crippen LogP contribution in [0.1, 0.15) is 44.6 Å². The first-order chi connectivity index (χ1) is 20.4. The largest absolute Gasteiger partial charge is 0.508 e. The lowest BCUT2D eigenvalue weighted by atomic mass is 9.95. The Bertz CT molecular complexity index is 1680. The number of benzene rings is 2. The van der Waals surface area contributed by atoms with Crippen molar-refractivity contribution in [3.05, 3.63) is 35.6 Å². The second kappa shape index (κ2) is 9.74. The summed E-state index contributed by atoms with van der Waals surface area (Å²) in [4.78, 5) is 22.4. The number of H-pyrrole nitrogens is 1. The van der Waals surface area contributed by atoms with E-state index >= 15 is 0 Å². The molecule has 4 aliphatic rings. The number of aryl methyl sites for hydroxylation is 1. The highest BCUT2D eigenvalue weighted by Gasteiger charge is 2.49. The summed E-state index contributed by atoms with van der Waals surface area (Å²) < 4.78 is 35.6. The van der Waals surface area contributed by atoms with Gasteiger partial charge in [0, 0.05) is 43.7 Å². The van der Waals surface area contributed by atoms with Gasteiger partial charge in [-0.3, -0.25) is 4.90 Å². The molecule has 4 saturated heterocycles. The number of halogens is 2. The van der Waals surface area contributed by atoms with Crippen molar-refractivity contribution in [1.82, 2.24) is 30.2 Å². The summed E-state index contributed by atoms with van der Waals surface area (Å²) in [6.07, 6.45) is 4.30. The Labute approximate surface area is 242 Å². The van der Waals surface area contributed by atoms with E-state index in [2.05, 4.69) is 20.1 Å². The summed E-state index contributed by atoms with van der Waals surface area (Å²) in [7, 11) is 0. The number of fused-ring (bicyclic) bond motifs is 5. The van der Waals surface area contributed by atoms with E-state index in [1.807, 2.05) is 6.92 Å². The molecule has 2 bridgehead atoms. The fourth-order valence-corrected chi connectivity index (χ4v) is 7.93. The Morgan fingerprint density at radius 2 is 1.95 bits per heavy atom. The number of nitrogens with zero attached hydrogens (tertiary/aromatic N) is 5. The van der Waals surface area contributed by atoms with Gasteiger partial charge in [-0.2, -0.15) is 9.97 Å². The number of phenolic OH excluding ortho intramolecular Hbond substituents is 1. The standard InChI is InChI=1S/C31H35F2N7O2/c1-2-22-24(33)7-4-17-10-21(41)11-23(25(17)22)27-35-26-28(36-27)37-30(38-29(26)39-14-19-5-6-20(15-39)34-19)42-16-31-8-3-9-40(31)13-18(32)12-31/h4,7,10-11,18-20,34,41H,2-3,5-6,8-9,12-16H2,1H3,(H,35,36,37,38)/t18-,19?,20?,31+/m1/s1. The summed E-state index contributed by atoms with van der Waals surface area (Å²) in [6, 6.07) is 7.38. The SMILES string of the molecule is CCc1c(F)ccc2cc(O)cc(-c3nc4nc(OC[C@@]56CCCN5C[C@H](F)C6)nc(N5CC6CCC(C5)N6)c4[nH]3)c12. The van der Waals surface area contributed by atoms with Crippen molar-refractivity contribution in [2.75, 3.05) is 37.7 Å². The summed E-state index contributed by atoms with van der Waals surface area (Å²) in [5.41, 5.74) is 1.98. The van der Waals surface area contributed by atoms with Gasteiger partial charge in [0.05, 0.1) is 5.54 Å². The van der Waals surface area contributed by atoms with E-state index in [0.717, 1.165) is 50.7 Å². The zero-order valence-corrected chi connectivity index (χ0v) is 23.7. The van der Waals surface area contributed by atoms with Crippen LogP contribution in [-0.4, -0.2) is 86.5 Å². The van der Waals surface area contributed by atoms with Gasteiger partial charge in [-0.1, -0.05) is 13.0 Å². The molecule has 2 unspecified atom stereocenters. The number of rotatable bonds is 6. The Kier molecular flexibility index (Phi) is 6.05. The van der Waals surface area contributed by atoms with Gasteiger partial charge in [-0.15, -0.1) is 0 Å². The minimum absolute atomic E-state index is 0.0729. The number of ether oxygens (including phenoxy) is 1. The first-order valence-electron chi connectivity index (χ1n) is 15.1. The molecule has 4 fully saturated rings. The van der Waals surface area contributed by atoms with Gasteiger partial charge in [-0.05, 0) is 73.2 Å². The molecule has 2 aromatic heterocycles. The molecule has 0 radical (unpaired) electrons. The number of alkyl halides is 1. The Hall–Kier alpha value is -3.57. The maximum Gasteiger partial charge on any atom is 0.320 e. The second-order valence-electron chi connectivity index (χ2n) is 12.5. The number of aromatic hydroxyl groups is 1. The Morgan fingerprint density at radius 1 is 1.12 bits per heavy atom. The van der Waals surface area contributed by atoms with Crippen molar-refractivity contribution in [2.45, 2.75) is 69.2 Å². The molecule has 3 N–H and O–H groups in total. The number of anilines is 1. The van der Waals surface area contributed by atoms with E-state index in [1.165, 1.54) is 6.07 Å². The monoisotopic (exact) mass is 575 g/mol. The van der Waals surface area contributed by atoms with Crippen LogP contribution in [0, 0.1) is 5.82 Å². The van der Waals surface area contributed by atoms with Crippen molar-refractivity contribution in [3.8, 4) is 23.1 Å². The first kappa shape index (κ1) is 26.1. The van der Waals surface area contributed by atoms with Crippen LogP contribution in [-0.2, 0) is 6.42 Å². The summed E-state index contributed by atoms with van der Waals surface area (Å²) in [6.45, 7) is 5.20. The summed E-state index contributed by atoms with van der Waals surface area (Å²) in [5, 5.41) is 15.7. The molecule has 11 heteroatoms. The molecule has 8 rings (SSSR count). The number of nitrogens with one attached hydrogen (secondary N) is 2. The highest BCUT2D eigenvalue weighted by Crippen LogP contribution is 2.41. The minimum atomic E-state index is -0.840. The van der Waals surface area contributed by atoms with Gasteiger partial charge < -0.3 is 25.0 Å². The molecule has 2 aromatic carbocycles. The molecular weight excluding hydrogens is 540 g/mol. The van der Waals surface area contributed by atoms with E-state index in [0.29, 0.717) is 77.4 Å². The molecule has 9 nitrogen and oxygen atoms in total. The van der Waals surface area contributed by atoms with Crippen molar-refractivity contribution in [3.63, 3.8) is 0 Å². The number of hydrogen-bond donors (Lipinski definition) is 3. The molecule has 4 atom stereocenters. The third-order valence-corrected chi connectivity index (χ3v) is 9.82. The predicted molar refractivity (Wildman–Crippen MR) is 156 cm³/mol. The van der Waals surface area contributed by atoms with Crippen LogP contribution in [0.2, 0.25) is 0 Å². The lowest BCUT2D eigenvalue weighted by Gasteiger charge is -2.34. The molecule has 4 aromatic rings. The molecule has 0 aliphatic carbocycles. The van der Waals surface area contributed by atoms with Crippen molar-refractivity contribution in [2.24, 2.45) is 0 Å². The van der Waals surface area contributed by atoms with E-state index in [4.69, 9.17) is 19.7 Å². The van der Waals surface area contributed by atoms with Crippen LogP contribution in [0.3, 0.4) is 0 Å². The van der Waals surface area contributed by atoms with Gasteiger partial charge in [-0.25, -0.2) is 13.8 Å². The average molecular weight is 576 g/mol. The molecular formula is C31H35F2N7O2. The number of hydrogen-bond acceptors (Lipinski definition) is 8. The van der Waals surface area contributed by atoms with Crippen LogP contribution >= 0.6 is 0 Å². The maximum atomic E-state index is 14.9. The topological polar surface area (TPSA) is 102 Å². The predicted octanol–water partition coefficient (Wildman–Crippen LogP) is 4.48. The Morgan fingerprint density at radius 3 is 2.76 bits per heavy atom. The maximum absolute atomic E-state index is 14.9. The van der Waals surface area contributed by atoms with Gasteiger partial charge in [0.2, 0.25) is 0 Å². The van der Waals surface area contributed by atoms with Gasteiger partial charge in [0.25, 0.3) is 0 Å². The van der Waals surface area contributed by atoms with Crippen LogP contribution in [0.4, 0.5) is 14.6 Å². The number of aromatic nitrogens is 4. The number of imidazole rings is 1. The highest BCUT2D eigenvalue weighted by atomic mass is 19.1. The lowest BCUT2D eigenvalue weighted by Crippen LogP contribution is -2.51. The number of piperazine rings is 1. The van der Waals surface area contributed by atoms with Crippen LogP contribution < -0.4 is 15.0 Å². The summed E-state index contributed by atoms with van der Waals surface area (Å²) in [5.74, 6) is 0.981. The van der Waals surface area contributed by atoms with Crippen LogP contribution in [0.25, 0.3) is 33.3 Å². The number of phenols is 1. The minimum Gasteiger partial charge on any atom is -0.508 e. The molecule has 4 aliphatic heterocycles. The van der Waals surface area contributed by atoms with E-state index in [9.17, 15) is 13.9 Å². The molecule has 42 heavy (non-hydrogen) atoms. The van der Waals surface area contributed by atoms with E-state index in [1.54, 1.807) is 18.2 Å². The quantitative estimate of drug-likeness (QED) is 0.310. The first-order valence-corrected chi connectivity index (χ1v) is 15.1.